The summed E-state index contributed by atoms with van der Waals surface area (Å²) in [6.07, 6.45) is 2.99. The van der Waals surface area contributed by atoms with Crippen molar-refractivity contribution < 1.29 is 19.4 Å². The maximum absolute atomic E-state index is 12.6. The number of carbonyl (C=O) groups is 1. The zero-order chi connectivity index (χ0) is 20.3. The van der Waals surface area contributed by atoms with Crippen molar-refractivity contribution in [1.82, 2.24) is 5.32 Å². The van der Waals surface area contributed by atoms with Crippen LogP contribution in [-0.4, -0.2) is 30.8 Å². The minimum absolute atomic E-state index is 0.0250. The van der Waals surface area contributed by atoms with Crippen molar-refractivity contribution in [2.75, 3.05) is 13.7 Å². The first-order chi connectivity index (χ1) is 13.2. The maximum atomic E-state index is 12.6. The highest BCUT2D eigenvalue weighted by Gasteiger charge is 2.68. The third kappa shape index (κ3) is 2.66. The van der Waals surface area contributed by atoms with Gasteiger partial charge in [0.15, 0.2) is 11.5 Å². The molecule has 3 fully saturated rings. The predicted octanol–water partition coefficient (Wildman–Crippen LogP) is 4.06. The highest BCUT2D eigenvalue weighted by molar-refractivity contribution is 5.78. The predicted molar refractivity (Wildman–Crippen MR) is 107 cm³/mol. The first-order valence-electron chi connectivity index (χ1n) is 10.5. The molecular formula is C23H33NO4. The van der Waals surface area contributed by atoms with E-state index in [4.69, 9.17) is 9.47 Å². The van der Waals surface area contributed by atoms with Crippen molar-refractivity contribution in [2.24, 2.45) is 28.6 Å². The monoisotopic (exact) mass is 387 g/mol. The minimum Gasteiger partial charge on any atom is -0.504 e. The normalized spacial score (nSPS) is 35.6. The Morgan fingerprint density at radius 2 is 2.11 bits per heavy atom. The summed E-state index contributed by atoms with van der Waals surface area (Å²) in [4.78, 5) is 12.6. The Kier molecular flexibility index (Phi) is 4.65. The van der Waals surface area contributed by atoms with Crippen LogP contribution in [0, 0.1) is 28.6 Å². The van der Waals surface area contributed by atoms with Crippen LogP contribution in [0.25, 0.3) is 0 Å². The summed E-state index contributed by atoms with van der Waals surface area (Å²) >= 11 is 0. The highest BCUT2D eigenvalue weighted by atomic mass is 16.5. The molecule has 5 heteroatoms. The van der Waals surface area contributed by atoms with Crippen LogP contribution in [0.2, 0.25) is 0 Å². The number of para-hydroxylation sites is 1. The van der Waals surface area contributed by atoms with Crippen LogP contribution < -0.4 is 10.1 Å². The van der Waals surface area contributed by atoms with Crippen molar-refractivity contribution in [3.05, 3.63) is 23.8 Å². The molecule has 2 saturated carbocycles. The van der Waals surface area contributed by atoms with E-state index in [-0.39, 0.29) is 46.5 Å². The summed E-state index contributed by atoms with van der Waals surface area (Å²) in [5, 5.41) is 14.2. The number of phenols is 1. The number of nitrogens with one attached hydrogen (secondary N) is 1. The van der Waals surface area contributed by atoms with Crippen molar-refractivity contribution in [2.45, 2.75) is 59.1 Å². The second-order valence-electron chi connectivity index (χ2n) is 9.83. The fourth-order valence-electron chi connectivity index (χ4n) is 6.34. The van der Waals surface area contributed by atoms with E-state index in [1.807, 2.05) is 26.0 Å². The standard InChI is InChI=1S/C23H33NO4/c1-13(2)20(26)24-21-22(3,4)14-11-16-19(28-10-9-23(16,21)12-14)15-7-6-8-17(27-5)18(15)25/h6-8,13-14,16,19,21,25H,9-12H2,1-5H3,(H,24,26)/t14-,16-,19-,21-,23?/m1/s1. The lowest BCUT2D eigenvalue weighted by Gasteiger charge is -2.53. The molecular weight excluding hydrogens is 354 g/mol. The molecule has 5 nitrogen and oxygen atoms in total. The quantitative estimate of drug-likeness (QED) is 0.818. The van der Waals surface area contributed by atoms with Gasteiger partial charge >= 0.3 is 0 Å². The van der Waals surface area contributed by atoms with E-state index < -0.39 is 0 Å². The van der Waals surface area contributed by atoms with Crippen molar-refractivity contribution in [1.29, 1.82) is 0 Å². The molecule has 5 atom stereocenters. The van der Waals surface area contributed by atoms with Crippen LogP contribution >= 0.6 is 0 Å². The van der Waals surface area contributed by atoms with Crippen LogP contribution in [-0.2, 0) is 9.53 Å². The number of rotatable bonds is 4. The number of carbonyl (C=O) groups excluding carboxylic acids is 1. The van der Waals surface area contributed by atoms with Crippen LogP contribution in [0.5, 0.6) is 11.5 Å². The van der Waals surface area contributed by atoms with Gasteiger partial charge in [-0.15, -0.1) is 0 Å². The zero-order valence-electron chi connectivity index (χ0n) is 17.6. The first-order valence-corrected chi connectivity index (χ1v) is 10.5. The molecule has 3 aliphatic rings. The van der Waals surface area contributed by atoms with Crippen molar-refractivity contribution in [3.8, 4) is 11.5 Å². The van der Waals surface area contributed by atoms with Crippen LogP contribution in [0.3, 0.4) is 0 Å². The van der Waals surface area contributed by atoms with E-state index in [1.54, 1.807) is 13.2 Å². The summed E-state index contributed by atoms with van der Waals surface area (Å²) in [5.74, 6) is 1.60. The van der Waals surface area contributed by atoms with Gasteiger partial charge in [-0.25, -0.2) is 0 Å². The summed E-state index contributed by atoms with van der Waals surface area (Å²) in [5.41, 5.74) is 0.902. The van der Waals surface area contributed by atoms with Crippen molar-refractivity contribution in [3.63, 3.8) is 0 Å². The van der Waals surface area contributed by atoms with E-state index in [2.05, 4.69) is 19.2 Å². The largest absolute Gasteiger partial charge is 0.504 e. The fraction of sp³-hybridized carbons (Fsp3) is 0.696. The third-order valence-electron chi connectivity index (χ3n) is 7.87. The molecule has 1 aliphatic heterocycles. The minimum atomic E-state index is -0.164. The lowest BCUT2D eigenvalue weighted by molar-refractivity contribution is -0.139. The Morgan fingerprint density at radius 1 is 1.36 bits per heavy atom. The van der Waals surface area contributed by atoms with E-state index in [0.717, 1.165) is 24.8 Å². The molecule has 1 unspecified atom stereocenters. The second-order valence-corrected chi connectivity index (χ2v) is 9.83. The van der Waals surface area contributed by atoms with Gasteiger partial charge in [-0.2, -0.15) is 0 Å². The van der Waals surface area contributed by atoms with E-state index in [0.29, 0.717) is 18.3 Å². The number of hydrogen-bond donors (Lipinski definition) is 2. The summed E-state index contributed by atoms with van der Waals surface area (Å²) < 4.78 is 11.6. The van der Waals surface area contributed by atoms with Crippen LogP contribution in [0.1, 0.15) is 58.6 Å². The zero-order valence-corrected chi connectivity index (χ0v) is 17.6. The van der Waals surface area contributed by atoms with Gasteiger partial charge in [-0.1, -0.05) is 39.8 Å². The highest BCUT2D eigenvalue weighted by Crippen LogP contribution is 2.70. The third-order valence-corrected chi connectivity index (χ3v) is 7.87. The van der Waals surface area contributed by atoms with E-state index in [1.165, 1.54) is 0 Å². The molecule has 1 amide bonds. The molecule has 1 heterocycles. The number of ether oxygens (including phenoxy) is 2. The molecule has 0 radical (unpaired) electrons. The Morgan fingerprint density at radius 3 is 2.79 bits per heavy atom. The van der Waals surface area contributed by atoms with Gasteiger partial charge < -0.3 is 19.9 Å². The summed E-state index contributed by atoms with van der Waals surface area (Å²) in [6.45, 7) is 9.16. The Balaban J connectivity index is 1.71. The number of phenolic OH excluding ortho intramolecular Hbond substituents is 1. The molecule has 1 spiro atoms. The molecule has 1 aromatic rings. The molecule has 0 aromatic heterocycles. The van der Waals surface area contributed by atoms with Gasteiger partial charge in [-0.05, 0) is 48.0 Å². The average Bonchev–Trinajstić information content (AvgIpc) is 3.14. The summed E-state index contributed by atoms with van der Waals surface area (Å²) in [7, 11) is 1.57. The van der Waals surface area contributed by atoms with Gasteiger partial charge in [-0.3, -0.25) is 4.79 Å². The van der Waals surface area contributed by atoms with E-state index >= 15 is 0 Å². The van der Waals surface area contributed by atoms with Crippen LogP contribution in [0.15, 0.2) is 18.2 Å². The van der Waals surface area contributed by atoms with Gasteiger partial charge in [0.1, 0.15) is 0 Å². The Hall–Kier alpha value is -1.75. The Labute approximate surface area is 167 Å². The average molecular weight is 388 g/mol. The second kappa shape index (κ2) is 6.65. The molecule has 2 aliphatic carbocycles. The maximum Gasteiger partial charge on any atom is 0.222 e. The number of hydrogen-bond acceptors (Lipinski definition) is 4. The SMILES string of the molecule is COc1cccc([C@H]2OCCC34C[C@@H](C[C@H]23)C(C)(C)[C@H]4NC(=O)C(C)C)c1O. The molecule has 1 aromatic carbocycles. The van der Waals surface area contributed by atoms with E-state index in [9.17, 15) is 9.90 Å². The number of amides is 1. The first kappa shape index (κ1) is 19.6. The van der Waals surface area contributed by atoms with Gasteiger partial charge in [0.25, 0.3) is 0 Å². The molecule has 28 heavy (non-hydrogen) atoms. The smallest absolute Gasteiger partial charge is 0.222 e. The van der Waals surface area contributed by atoms with Crippen molar-refractivity contribution >= 4 is 5.91 Å². The lowest BCUT2D eigenvalue weighted by Crippen LogP contribution is -2.59. The molecule has 2 N–H and O–H groups in total. The number of aromatic hydroxyl groups is 1. The van der Waals surface area contributed by atoms with Crippen LogP contribution in [0.4, 0.5) is 0 Å². The topological polar surface area (TPSA) is 67.8 Å². The number of benzene rings is 1. The number of fused-ring (bicyclic) bond motifs is 1. The molecule has 4 rings (SSSR count). The molecule has 2 bridgehead atoms. The van der Waals surface area contributed by atoms with Gasteiger partial charge in [0, 0.05) is 24.1 Å². The lowest BCUT2D eigenvalue weighted by atomic mass is 9.58. The summed E-state index contributed by atoms with van der Waals surface area (Å²) in [6, 6.07) is 5.76. The van der Waals surface area contributed by atoms with Gasteiger partial charge in [0.05, 0.1) is 13.2 Å². The molecule has 154 valence electrons. The van der Waals surface area contributed by atoms with Gasteiger partial charge in [0.2, 0.25) is 5.91 Å². The molecule has 1 saturated heterocycles. The Bertz CT molecular complexity index is 774. The number of methoxy groups -OCH3 is 1. The fourth-order valence-corrected chi connectivity index (χ4v) is 6.34.